The predicted molar refractivity (Wildman–Crippen MR) is 174 cm³/mol. The third-order valence-corrected chi connectivity index (χ3v) is 9.12. The van der Waals surface area contributed by atoms with E-state index in [0.717, 1.165) is 6.08 Å². The Balaban J connectivity index is 1.48. The molecule has 11 N–H and O–H groups in total. The number of carbonyl (C=O) groups is 1. The maximum absolute atomic E-state index is 13.2. The molecule has 0 aromatic heterocycles. The monoisotopic (exact) mass is 756 g/mol. The smallest absolute Gasteiger partial charge is 0.331 e. The Morgan fingerprint density at radius 2 is 1.51 bits per heavy atom. The van der Waals surface area contributed by atoms with Crippen LogP contribution in [0.4, 0.5) is 0 Å². The number of hydrogen-bond acceptors (Lipinski definition) is 19. The Morgan fingerprint density at radius 1 is 0.830 bits per heavy atom. The van der Waals surface area contributed by atoms with Crippen molar-refractivity contribution in [2.24, 2.45) is 0 Å². The Labute approximate surface area is 302 Å². The molecular weight excluding hydrogens is 712 g/mol. The molecule has 3 heterocycles. The van der Waals surface area contributed by atoms with Gasteiger partial charge in [-0.3, -0.25) is 0 Å². The van der Waals surface area contributed by atoms with Gasteiger partial charge in [0.05, 0.1) is 32.5 Å². The van der Waals surface area contributed by atoms with Crippen LogP contribution >= 0.6 is 0 Å². The van der Waals surface area contributed by atoms with E-state index in [1.807, 2.05) is 0 Å². The number of rotatable bonds is 13. The van der Waals surface area contributed by atoms with Crippen LogP contribution in [0.25, 0.3) is 6.08 Å². The normalized spacial score (nSPS) is 36.2. The van der Waals surface area contributed by atoms with Crippen molar-refractivity contribution in [2.45, 2.75) is 92.8 Å². The average Bonchev–Trinajstić information content (AvgIpc) is 3.42. The second-order valence-electron chi connectivity index (χ2n) is 12.9. The lowest BCUT2D eigenvalue weighted by molar-refractivity contribution is -0.375. The molecule has 53 heavy (non-hydrogen) atoms. The summed E-state index contributed by atoms with van der Waals surface area (Å²) >= 11 is 0. The van der Waals surface area contributed by atoms with E-state index in [9.17, 15) is 61.0 Å². The number of hydrogen-bond donors (Lipinski definition) is 11. The molecule has 2 aromatic carbocycles. The van der Waals surface area contributed by atoms with Crippen molar-refractivity contribution in [3.05, 3.63) is 53.6 Å². The van der Waals surface area contributed by atoms with Crippen molar-refractivity contribution in [2.75, 3.05) is 26.4 Å². The quantitative estimate of drug-likeness (QED) is 0.0569. The van der Waals surface area contributed by atoms with Gasteiger partial charge in [-0.15, -0.1) is 0 Å². The molecule has 3 fully saturated rings. The standard InChI is InChI=1S/C34H44O19/c1-15-24(42)25(43)26(44)31(49-15)52-28-27(51-23(41)7-4-16-2-5-18(37)20(39)10-16)22(12-35)50-32(47-9-8-17-3-6-19(38)21(40)11-17)29(28)53-33-30(45)34(46,13-36)14-48-33/h2-7,10-11,15,22,24-33,35-40,42-46H,8-9,12-14H2,1H3/b7-4+/t15-,22+,24-,25+,26+,27+,28-,29+,30-,31-,32+,33-,34+/m0/s1. The highest BCUT2D eigenvalue weighted by Gasteiger charge is 2.56. The first kappa shape index (κ1) is 40.5. The maximum atomic E-state index is 13.2. The van der Waals surface area contributed by atoms with Crippen molar-refractivity contribution < 1.29 is 94.1 Å². The van der Waals surface area contributed by atoms with Gasteiger partial charge in [0.25, 0.3) is 0 Å². The lowest BCUT2D eigenvalue weighted by Gasteiger charge is -2.48. The highest BCUT2D eigenvalue weighted by atomic mass is 16.8. The van der Waals surface area contributed by atoms with E-state index in [4.69, 9.17) is 33.2 Å². The Hall–Kier alpha value is -3.67. The van der Waals surface area contributed by atoms with Gasteiger partial charge in [0.2, 0.25) is 0 Å². The zero-order chi connectivity index (χ0) is 38.6. The second-order valence-corrected chi connectivity index (χ2v) is 12.9. The fourth-order valence-corrected chi connectivity index (χ4v) is 5.94. The van der Waals surface area contributed by atoms with Crippen LogP contribution in [0.2, 0.25) is 0 Å². The number of aliphatic hydroxyl groups is 7. The molecule has 0 saturated carbocycles. The highest BCUT2D eigenvalue weighted by molar-refractivity contribution is 5.87. The zero-order valence-electron chi connectivity index (χ0n) is 28.3. The van der Waals surface area contributed by atoms with Crippen LogP contribution < -0.4 is 0 Å². The summed E-state index contributed by atoms with van der Waals surface area (Å²) in [4.78, 5) is 13.2. The van der Waals surface area contributed by atoms with Crippen LogP contribution in [0.3, 0.4) is 0 Å². The fraction of sp³-hybridized carbons (Fsp3) is 0.559. The number of aliphatic hydroxyl groups excluding tert-OH is 6. The molecule has 19 nitrogen and oxygen atoms in total. The molecule has 294 valence electrons. The summed E-state index contributed by atoms with van der Waals surface area (Å²) in [7, 11) is 0. The molecule has 0 aliphatic carbocycles. The summed E-state index contributed by atoms with van der Waals surface area (Å²) < 4.78 is 40.9. The number of ether oxygens (including phenoxy) is 7. The Bertz CT molecular complexity index is 1570. The summed E-state index contributed by atoms with van der Waals surface area (Å²) in [6.45, 7) is -1.12. The van der Waals surface area contributed by atoms with E-state index in [1.165, 1.54) is 49.4 Å². The van der Waals surface area contributed by atoms with Crippen LogP contribution in [0, 0.1) is 0 Å². The van der Waals surface area contributed by atoms with Crippen molar-refractivity contribution in [3.8, 4) is 23.0 Å². The van der Waals surface area contributed by atoms with Gasteiger partial charge in [0, 0.05) is 6.08 Å². The second kappa shape index (κ2) is 17.2. The van der Waals surface area contributed by atoms with E-state index < -0.39 is 117 Å². The van der Waals surface area contributed by atoms with Crippen molar-refractivity contribution in [1.29, 1.82) is 0 Å². The maximum Gasteiger partial charge on any atom is 0.331 e. The van der Waals surface area contributed by atoms with E-state index >= 15 is 0 Å². The molecular formula is C34H44O19. The highest BCUT2D eigenvalue weighted by Crippen LogP contribution is 2.36. The van der Waals surface area contributed by atoms with Crippen molar-refractivity contribution in [1.82, 2.24) is 0 Å². The average molecular weight is 757 g/mol. The molecule has 3 saturated heterocycles. The summed E-state index contributed by atoms with van der Waals surface area (Å²) in [5, 5.41) is 112. The van der Waals surface area contributed by atoms with Crippen molar-refractivity contribution in [3.63, 3.8) is 0 Å². The molecule has 5 rings (SSSR count). The lowest BCUT2D eigenvalue weighted by atomic mass is 9.96. The largest absolute Gasteiger partial charge is 0.504 e. The minimum atomic E-state index is -2.15. The molecule has 0 spiro atoms. The van der Waals surface area contributed by atoms with E-state index in [2.05, 4.69) is 0 Å². The number of carbonyl (C=O) groups excluding carboxylic acids is 1. The third kappa shape index (κ3) is 9.18. The van der Waals surface area contributed by atoms with Crippen LogP contribution in [-0.4, -0.2) is 168 Å². The van der Waals surface area contributed by atoms with Gasteiger partial charge in [0.1, 0.15) is 48.3 Å². The first-order valence-corrected chi connectivity index (χ1v) is 16.6. The molecule has 13 atom stereocenters. The summed E-state index contributed by atoms with van der Waals surface area (Å²) in [6, 6.07) is 7.81. The van der Waals surface area contributed by atoms with Crippen LogP contribution in [0.5, 0.6) is 23.0 Å². The van der Waals surface area contributed by atoms with Crippen molar-refractivity contribution >= 4 is 12.0 Å². The van der Waals surface area contributed by atoms with Crippen LogP contribution in [0.15, 0.2) is 42.5 Å². The molecule has 3 aliphatic rings. The Kier molecular flexibility index (Phi) is 13.2. The van der Waals surface area contributed by atoms with Gasteiger partial charge in [-0.05, 0) is 54.8 Å². The minimum absolute atomic E-state index is 0.116. The molecule has 0 radical (unpaired) electrons. The molecule has 2 aromatic rings. The molecule has 0 bridgehead atoms. The van der Waals surface area contributed by atoms with Crippen LogP contribution in [-0.2, 0) is 44.4 Å². The lowest BCUT2D eigenvalue weighted by Crippen LogP contribution is -2.66. The first-order valence-electron chi connectivity index (χ1n) is 16.6. The van der Waals surface area contributed by atoms with Gasteiger partial charge >= 0.3 is 5.97 Å². The zero-order valence-corrected chi connectivity index (χ0v) is 28.3. The minimum Gasteiger partial charge on any atom is -0.504 e. The van der Waals surface area contributed by atoms with E-state index in [1.54, 1.807) is 0 Å². The molecule has 19 heteroatoms. The number of phenolic OH excluding ortho intramolecular Hbond substituents is 4. The van der Waals surface area contributed by atoms with Gasteiger partial charge in [-0.1, -0.05) is 12.1 Å². The van der Waals surface area contributed by atoms with Gasteiger partial charge in [-0.25, -0.2) is 4.79 Å². The topological polar surface area (TPSA) is 304 Å². The first-order chi connectivity index (χ1) is 25.1. The van der Waals surface area contributed by atoms with E-state index in [0.29, 0.717) is 5.56 Å². The third-order valence-electron chi connectivity index (χ3n) is 9.12. The number of benzene rings is 2. The van der Waals surface area contributed by atoms with Gasteiger partial charge in [0.15, 0.2) is 48.0 Å². The molecule has 0 amide bonds. The number of phenols is 4. The van der Waals surface area contributed by atoms with E-state index in [-0.39, 0.29) is 30.1 Å². The molecule has 0 unspecified atom stereocenters. The fourth-order valence-electron chi connectivity index (χ4n) is 5.94. The number of aromatic hydroxyl groups is 4. The molecule has 3 aliphatic heterocycles. The Morgan fingerprint density at radius 3 is 2.15 bits per heavy atom. The SMILES string of the molecule is C[C@@H]1O[C@@H](O[C@@H]2[C@@H](O[C@@H]3OC[C@](O)(CO)[C@H]3O)[C@H](OCCc3ccc(O)c(O)c3)O[C@H](CO)[C@H]2OC(=O)/C=C/c2ccc(O)c(O)c2)[C@H](O)[C@H](O)[C@H]1O. The summed E-state index contributed by atoms with van der Waals surface area (Å²) in [5.41, 5.74) is -1.35. The summed E-state index contributed by atoms with van der Waals surface area (Å²) in [5.74, 6) is -2.64. The van der Waals surface area contributed by atoms with Gasteiger partial charge < -0.3 is 89.3 Å². The predicted octanol–water partition coefficient (Wildman–Crippen LogP) is -2.55. The summed E-state index contributed by atoms with van der Waals surface area (Å²) in [6.07, 6.45) is -17.2. The van der Waals surface area contributed by atoms with Gasteiger partial charge in [-0.2, -0.15) is 0 Å². The van der Waals surface area contributed by atoms with Crippen LogP contribution in [0.1, 0.15) is 18.1 Å². The number of esters is 1.